The summed E-state index contributed by atoms with van der Waals surface area (Å²) in [6.07, 6.45) is 5.98. The van der Waals surface area contributed by atoms with Crippen LogP contribution in [0, 0.1) is 23.0 Å². The van der Waals surface area contributed by atoms with E-state index in [1.165, 1.54) is 19.0 Å². The highest BCUT2D eigenvalue weighted by atomic mass is 16.6. The van der Waals surface area contributed by atoms with Gasteiger partial charge in [-0.05, 0) is 31.7 Å². The molecule has 148 valence electrons. The van der Waals surface area contributed by atoms with Crippen LogP contribution in [0.4, 0.5) is 11.5 Å². The third-order valence-electron chi connectivity index (χ3n) is 5.63. The summed E-state index contributed by atoms with van der Waals surface area (Å²) < 4.78 is 0. The Labute approximate surface area is 160 Å². The summed E-state index contributed by atoms with van der Waals surface area (Å²) in [5.74, 6) is 1.58. The van der Waals surface area contributed by atoms with Gasteiger partial charge in [-0.2, -0.15) is 0 Å². The van der Waals surface area contributed by atoms with Gasteiger partial charge in [0.15, 0.2) is 0 Å². The average molecular weight is 375 g/mol. The Morgan fingerprint density at radius 2 is 2.07 bits per heavy atom. The molecule has 1 aromatic rings. The summed E-state index contributed by atoms with van der Waals surface area (Å²) in [6, 6.07) is 2.10. The van der Waals surface area contributed by atoms with Crippen molar-refractivity contribution in [3.63, 3.8) is 0 Å². The van der Waals surface area contributed by atoms with Gasteiger partial charge in [-0.3, -0.25) is 19.8 Å². The van der Waals surface area contributed by atoms with Gasteiger partial charge in [0, 0.05) is 37.8 Å². The third kappa shape index (κ3) is 5.15. The molecule has 1 aromatic heterocycles. The third-order valence-corrected chi connectivity index (χ3v) is 5.63. The maximum absolute atomic E-state index is 12.3. The van der Waals surface area contributed by atoms with E-state index in [-0.39, 0.29) is 11.6 Å². The van der Waals surface area contributed by atoms with Gasteiger partial charge < -0.3 is 10.2 Å². The number of hydrogen-bond acceptors (Lipinski definition) is 6. The Kier molecular flexibility index (Phi) is 6.26. The lowest BCUT2D eigenvalue weighted by atomic mass is 9.87. The summed E-state index contributed by atoms with van der Waals surface area (Å²) in [7, 11) is 0. The number of rotatable bonds is 5. The maximum atomic E-state index is 12.3. The van der Waals surface area contributed by atoms with E-state index in [1.54, 1.807) is 13.0 Å². The van der Waals surface area contributed by atoms with Crippen molar-refractivity contribution in [1.29, 1.82) is 0 Å². The monoisotopic (exact) mass is 375 g/mol. The summed E-state index contributed by atoms with van der Waals surface area (Å²) >= 11 is 0. The van der Waals surface area contributed by atoms with Crippen LogP contribution < -0.4 is 10.2 Å². The molecule has 8 nitrogen and oxygen atoms in total. The number of carbonyl (C=O) groups excluding carboxylic acids is 1. The van der Waals surface area contributed by atoms with Gasteiger partial charge in [-0.25, -0.2) is 4.98 Å². The largest absolute Gasteiger partial charge is 0.354 e. The van der Waals surface area contributed by atoms with E-state index in [4.69, 9.17) is 0 Å². The minimum Gasteiger partial charge on any atom is -0.354 e. The van der Waals surface area contributed by atoms with E-state index in [0.717, 1.165) is 44.8 Å². The second-order valence-corrected chi connectivity index (χ2v) is 7.89. The molecule has 1 N–H and O–H groups in total. The number of nitrogens with one attached hydrogen (secondary N) is 1. The Balaban J connectivity index is 1.46. The van der Waals surface area contributed by atoms with E-state index in [0.29, 0.717) is 24.1 Å². The SMILES string of the molecule is Cc1cc(N2CCN(CC(=O)NC3CCCC(C)C3)CC2)ncc1[N+](=O)[O-]. The topological polar surface area (TPSA) is 91.6 Å². The molecule has 8 heteroatoms. The number of hydrogen-bond donors (Lipinski definition) is 1. The lowest BCUT2D eigenvalue weighted by Gasteiger charge is -2.35. The van der Waals surface area contributed by atoms with Crippen LogP contribution >= 0.6 is 0 Å². The molecular formula is C19H29N5O3. The van der Waals surface area contributed by atoms with E-state index in [1.807, 2.05) is 0 Å². The van der Waals surface area contributed by atoms with Gasteiger partial charge in [0.25, 0.3) is 5.69 Å². The number of aromatic nitrogens is 1. The lowest BCUT2D eigenvalue weighted by Crippen LogP contribution is -2.51. The summed E-state index contributed by atoms with van der Waals surface area (Å²) in [5.41, 5.74) is 0.666. The van der Waals surface area contributed by atoms with E-state index in [9.17, 15) is 14.9 Å². The highest BCUT2D eigenvalue weighted by Gasteiger charge is 2.24. The second-order valence-electron chi connectivity index (χ2n) is 7.89. The van der Waals surface area contributed by atoms with Crippen LogP contribution in [0.25, 0.3) is 0 Å². The number of aryl methyl sites for hydroxylation is 1. The highest BCUT2D eigenvalue weighted by Crippen LogP contribution is 2.24. The van der Waals surface area contributed by atoms with Crippen LogP contribution in [0.15, 0.2) is 12.3 Å². The zero-order valence-electron chi connectivity index (χ0n) is 16.2. The van der Waals surface area contributed by atoms with Crippen LogP contribution in [0.1, 0.15) is 38.2 Å². The van der Waals surface area contributed by atoms with E-state index >= 15 is 0 Å². The van der Waals surface area contributed by atoms with Crippen LogP contribution in [-0.4, -0.2) is 59.5 Å². The van der Waals surface area contributed by atoms with Crippen molar-refractivity contribution in [2.75, 3.05) is 37.6 Å². The van der Waals surface area contributed by atoms with Crippen molar-refractivity contribution in [2.24, 2.45) is 5.92 Å². The molecule has 2 fully saturated rings. The number of nitro groups is 1. The predicted molar refractivity (Wildman–Crippen MR) is 104 cm³/mol. The molecule has 3 rings (SSSR count). The van der Waals surface area contributed by atoms with Crippen LogP contribution in [0.5, 0.6) is 0 Å². The smallest absolute Gasteiger partial charge is 0.290 e. The van der Waals surface area contributed by atoms with Crippen molar-refractivity contribution >= 4 is 17.4 Å². The number of nitrogens with zero attached hydrogens (tertiary/aromatic N) is 4. The van der Waals surface area contributed by atoms with Gasteiger partial charge in [0.1, 0.15) is 12.0 Å². The van der Waals surface area contributed by atoms with Gasteiger partial charge >= 0.3 is 0 Å². The Morgan fingerprint density at radius 3 is 2.70 bits per heavy atom. The van der Waals surface area contributed by atoms with E-state index in [2.05, 4.69) is 27.0 Å². The predicted octanol–water partition coefficient (Wildman–Crippen LogP) is 2.12. The minimum absolute atomic E-state index is 0.0473. The van der Waals surface area contributed by atoms with Gasteiger partial charge in [-0.1, -0.05) is 19.8 Å². The molecular weight excluding hydrogens is 346 g/mol. The zero-order chi connectivity index (χ0) is 19.4. The summed E-state index contributed by atoms with van der Waals surface area (Å²) in [4.78, 5) is 31.4. The quantitative estimate of drug-likeness (QED) is 0.626. The van der Waals surface area contributed by atoms with Crippen molar-refractivity contribution in [2.45, 2.75) is 45.6 Å². The molecule has 2 aliphatic rings. The average Bonchev–Trinajstić information content (AvgIpc) is 2.62. The van der Waals surface area contributed by atoms with Crippen LogP contribution in [0.3, 0.4) is 0 Å². The van der Waals surface area contributed by atoms with Crippen molar-refractivity contribution in [3.8, 4) is 0 Å². The molecule has 2 heterocycles. The van der Waals surface area contributed by atoms with Gasteiger partial charge in [0.2, 0.25) is 5.91 Å². The summed E-state index contributed by atoms with van der Waals surface area (Å²) in [6.45, 7) is 7.52. The van der Waals surface area contributed by atoms with Crippen LogP contribution in [-0.2, 0) is 4.79 Å². The second kappa shape index (κ2) is 8.65. The number of carbonyl (C=O) groups is 1. The number of amides is 1. The Morgan fingerprint density at radius 1 is 1.33 bits per heavy atom. The van der Waals surface area contributed by atoms with E-state index < -0.39 is 4.92 Å². The molecule has 1 aliphatic carbocycles. The molecule has 2 atom stereocenters. The Bertz CT molecular complexity index is 688. The molecule has 0 spiro atoms. The zero-order valence-corrected chi connectivity index (χ0v) is 16.2. The number of pyridine rings is 1. The molecule has 0 aromatic carbocycles. The number of piperazine rings is 1. The molecule has 0 bridgehead atoms. The fourth-order valence-electron chi connectivity index (χ4n) is 4.07. The highest BCUT2D eigenvalue weighted by molar-refractivity contribution is 5.78. The van der Waals surface area contributed by atoms with Crippen LogP contribution in [0.2, 0.25) is 0 Å². The minimum atomic E-state index is -0.407. The molecule has 1 saturated heterocycles. The fraction of sp³-hybridized carbons (Fsp3) is 0.684. The molecule has 1 saturated carbocycles. The first-order chi connectivity index (χ1) is 12.9. The maximum Gasteiger partial charge on any atom is 0.290 e. The first-order valence-electron chi connectivity index (χ1n) is 9.80. The molecule has 0 radical (unpaired) electrons. The first kappa shape index (κ1) is 19.5. The summed E-state index contributed by atoms with van der Waals surface area (Å²) in [5, 5.41) is 14.1. The Hall–Kier alpha value is -2.22. The lowest BCUT2D eigenvalue weighted by molar-refractivity contribution is -0.385. The van der Waals surface area contributed by atoms with Crippen molar-refractivity contribution in [1.82, 2.24) is 15.2 Å². The molecule has 2 unspecified atom stereocenters. The van der Waals surface area contributed by atoms with Crippen molar-refractivity contribution in [3.05, 3.63) is 27.9 Å². The number of anilines is 1. The normalized spacial score (nSPS) is 23.9. The molecule has 1 aliphatic heterocycles. The standard InChI is InChI=1S/C19H29N5O3/c1-14-4-3-5-16(10-14)21-19(25)13-22-6-8-23(9-7-22)18-11-15(2)17(12-20-18)24(26)27/h11-12,14,16H,3-10,13H2,1-2H3,(H,21,25). The fourth-order valence-corrected chi connectivity index (χ4v) is 4.07. The van der Waals surface area contributed by atoms with Gasteiger partial charge in [-0.15, -0.1) is 0 Å². The van der Waals surface area contributed by atoms with Gasteiger partial charge in [0.05, 0.1) is 11.5 Å². The molecule has 1 amide bonds. The first-order valence-corrected chi connectivity index (χ1v) is 9.80. The van der Waals surface area contributed by atoms with Crippen molar-refractivity contribution < 1.29 is 9.72 Å². The molecule has 27 heavy (non-hydrogen) atoms.